The van der Waals surface area contributed by atoms with E-state index in [-0.39, 0.29) is 17.9 Å². The van der Waals surface area contributed by atoms with Crippen LogP contribution in [-0.4, -0.2) is 42.7 Å². The van der Waals surface area contributed by atoms with Gasteiger partial charge in [0, 0.05) is 5.56 Å². The van der Waals surface area contributed by atoms with Crippen LogP contribution < -0.4 is 9.64 Å². The summed E-state index contributed by atoms with van der Waals surface area (Å²) in [4.78, 5) is 32.2. The number of nitrogens with zero attached hydrogens (tertiary/aromatic N) is 3. The van der Waals surface area contributed by atoms with Crippen molar-refractivity contribution in [3.05, 3.63) is 97.0 Å². The first-order chi connectivity index (χ1) is 19.3. The van der Waals surface area contributed by atoms with Crippen molar-refractivity contribution in [1.82, 2.24) is 9.29 Å². The molecule has 0 saturated carbocycles. The minimum Gasteiger partial charge on any atom is -0.497 e. The maximum Gasteiger partial charge on any atom is 0.252 e. The molecule has 3 aromatic carbocycles. The van der Waals surface area contributed by atoms with Crippen LogP contribution in [0, 0.1) is 0 Å². The molecule has 1 fully saturated rings. The third-order valence-corrected chi connectivity index (χ3v) is 8.56. The van der Waals surface area contributed by atoms with Crippen molar-refractivity contribution in [2.24, 2.45) is 0 Å². The molecule has 2 amide bonds. The minimum absolute atomic E-state index is 0.0405. The molecular weight excluding hydrogens is 534 g/mol. The number of carbonyl (C=O) groups is 2. The molecule has 5 aromatic rings. The Hall–Kier alpha value is -4.74. The smallest absolute Gasteiger partial charge is 0.252 e. The third kappa shape index (κ3) is 4.55. The molecule has 202 valence electrons. The van der Waals surface area contributed by atoms with Gasteiger partial charge in [0.15, 0.2) is 5.58 Å². The van der Waals surface area contributed by atoms with Gasteiger partial charge in [-0.1, -0.05) is 12.1 Å². The Labute approximate surface area is 229 Å². The van der Waals surface area contributed by atoms with E-state index in [9.17, 15) is 18.0 Å². The van der Waals surface area contributed by atoms with Crippen molar-refractivity contribution in [3.63, 3.8) is 0 Å². The molecule has 1 aliphatic rings. The van der Waals surface area contributed by atoms with Gasteiger partial charge in [0.1, 0.15) is 23.1 Å². The van der Waals surface area contributed by atoms with E-state index < -0.39 is 27.9 Å². The van der Waals surface area contributed by atoms with Crippen LogP contribution in [-0.2, 0) is 26.2 Å². The number of benzene rings is 3. The molecule has 0 spiro atoms. The summed E-state index contributed by atoms with van der Waals surface area (Å²) in [5.74, 6) is 0.0525. The number of aromatic nitrogens is 1. The first-order valence-corrected chi connectivity index (χ1v) is 13.8. The highest BCUT2D eigenvalue weighted by Gasteiger charge is 2.47. The molecule has 0 N–H and O–H groups in total. The molecule has 1 atom stereocenters. The van der Waals surface area contributed by atoms with E-state index in [1.54, 1.807) is 36.4 Å². The number of sulfonamides is 1. The molecule has 11 heteroatoms. The zero-order chi connectivity index (χ0) is 27.9. The van der Waals surface area contributed by atoms with Gasteiger partial charge in [-0.3, -0.25) is 9.59 Å². The predicted octanol–water partition coefficient (Wildman–Crippen LogP) is 4.62. The number of imide groups is 1. The Morgan fingerprint density at radius 1 is 0.975 bits per heavy atom. The zero-order valence-electron chi connectivity index (χ0n) is 21.3. The van der Waals surface area contributed by atoms with Crippen molar-refractivity contribution in [1.29, 1.82) is 0 Å². The second-order valence-electron chi connectivity index (χ2n) is 9.13. The number of carbonyl (C=O) groups excluding carboxylic acids is 2. The van der Waals surface area contributed by atoms with Crippen LogP contribution >= 0.6 is 0 Å². The highest BCUT2D eigenvalue weighted by atomic mass is 32.2. The van der Waals surface area contributed by atoms with Crippen LogP contribution in [0.15, 0.2) is 105 Å². The summed E-state index contributed by atoms with van der Waals surface area (Å²) < 4.78 is 44.9. The zero-order valence-corrected chi connectivity index (χ0v) is 22.1. The molecule has 3 heterocycles. The van der Waals surface area contributed by atoms with Gasteiger partial charge < -0.3 is 13.6 Å². The van der Waals surface area contributed by atoms with E-state index in [0.29, 0.717) is 39.8 Å². The molecule has 6 rings (SSSR count). The lowest BCUT2D eigenvalue weighted by Crippen LogP contribution is -2.45. The molecule has 0 radical (unpaired) electrons. The van der Waals surface area contributed by atoms with Crippen LogP contribution in [0.1, 0.15) is 12.2 Å². The van der Waals surface area contributed by atoms with E-state index in [4.69, 9.17) is 13.6 Å². The normalized spacial score (nSPS) is 15.8. The molecule has 1 aliphatic heterocycles. The van der Waals surface area contributed by atoms with Crippen LogP contribution in [0.2, 0.25) is 0 Å². The van der Waals surface area contributed by atoms with E-state index in [1.807, 2.05) is 24.3 Å². The number of anilines is 1. The molecule has 2 aromatic heterocycles. The first kappa shape index (κ1) is 25.5. The highest BCUT2D eigenvalue weighted by Crippen LogP contribution is 2.33. The first-order valence-electron chi connectivity index (χ1n) is 12.4. The average molecular weight is 558 g/mol. The minimum atomic E-state index is -4.21. The van der Waals surface area contributed by atoms with E-state index in [2.05, 4.69) is 4.98 Å². The molecule has 10 nitrogen and oxygen atoms in total. The third-order valence-electron chi connectivity index (χ3n) is 6.69. The van der Waals surface area contributed by atoms with E-state index in [0.717, 1.165) is 9.21 Å². The van der Waals surface area contributed by atoms with Crippen molar-refractivity contribution in [2.75, 3.05) is 12.0 Å². The molecule has 1 saturated heterocycles. The maximum atomic E-state index is 13.8. The Balaban J connectivity index is 1.30. The Morgan fingerprint density at radius 2 is 1.73 bits per heavy atom. The molecule has 0 aliphatic carbocycles. The number of amides is 2. The number of methoxy groups -OCH3 is 1. The molecule has 1 unspecified atom stereocenters. The maximum absolute atomic E-state index is 13.8. The van der Waals surface area contributed by atoms with Gasteiger partial charge in [-0.15, -0.1) is 0 Å². The monoisotopic (exact) mass is 557 g/mol. The molecule has 0 bridgehead atoms. The summed E-state index contributed by atoms with van der Waals surface area (Å²) in [7, 11) is -2.73. The standard InChI is InChI=1S/C29H23N3O7S/c1-37-21-12-14-23(15-13-21)40(35,36)31(18-22-5-4-16-38-22)25-17-27(33)32(29(25)34)20-10-8-19(9-11-20)28-30-24-6-2-3-7-26(24)39-28/h2-16,25H,17-18H2,1H3. The van der Waals surface area contributed by atoms with Crippen LogP contribution in [0.5, 0.6) is 5.75 Å². The lowest BCUT2D eigenvalue weighted by Gasteiger charge is -2.26. The van der Waals surface area contributed by atoms with Gasteiger partial charge in [0.05, 0.1) is 36.9 Å². The summed E-state index contributed by atoms with van der Waals surface area (Å²) in [6.45, 7) is -0.227. The summed E-state index contributed by atoms with van der Waals surface area (Å²) in [6.07, 6.45) is 1.10. The predicted molar refractivity (Wildman–Crippen MR) is 145 cm³/mol. The molecular formula is C29H23N3O7S. The number of hydrogen-bond donors (Lipinski definition) is 0. The topological polar surface area (TPSA) is 123 Å². The fourth-order valence-corrected chi connectivity index (χ4v) is 6.21. The van der Waals surface area contributed by atoms with Crippen molar-refractivity contribution in [3.8, 4) is 17.2 Å². The van der Waals surface area contributed by atoms with Gasteiger partial charge in [-0.25, -0.2) is 18.3 Å². The second kappa shape index (κ2) is 10.1. The number of hydrogen-bond acceptors (Lipinski definition) is 8. The number of oxazole rings is 1. The van der Waals surface area contributed by atoms with E-state index >= 15 is 0 Å². The lowest BCUT2D eigenvalue weighted by atomic mass is 10.2. The Bertz CT molecular complexity index is 1760. The van der Waals surface area contributed by atoms with Gasteiger partial charge in [0.2, 0.25) is 21.8 Å². The second-order valence-corrected chi connectivity index (χ2v) is 11.0. The largest absolute Gasteiger partial charge is 0.497 e. The van der Waals surface area contributed by atoms with Gasteiger partial charge in [-0.05, 0) is 72.8 Å². The fraction of sp³-hybridized carbons (Fsp3) is 0.138. The number of ether oxygens (including phenoxy) is 1. The fourth-order valence-electron chi connectivity index (χ4n) is 4.66. The SMILES string of the molecule is COc1ccc(S(=O)(=O)N(Cc2ccco2)C2CC(=O)N(c3ccc(-c4nc5ccccc5o4)cc3)C2=O)cc1. The number of para-hydroxylation sites is 2. The Kier molecular flexibility index (Phi) is 6.45. The highest BCUT2D eigenvalue weighted by molar-refractivity contribution is 7.89. The lowest BCUT2D eigenvalue weighted by molar-refractivity contribution is -0.122. The van der Waals surface area contributed by atoms with Crippen LogP contribution in [0.3, 0.4) is 0 Å². The number of rotatable bonds is 8. The van der Waals surface area contributed by atoms with Gasteiger partial charge >= 0.3 is 0 Å². The number of furan rings is 1. The number of fused-ring (bicyclic) bond motifs is 1. The Morgan fingerprint density at radius 3 is 2.40 bits per heavy atom. The summed E-state index contributed by atoms with van der Waals surface area (Å²) in [5, 5.41) is 0. The van der Waals surface area contributed by atoms with Gasteiger partial charge in [0.25, 0.3) is 5.91 Å². The summed E-state index contributed by atoms with van der Waals surface area (Å²) in [6, 6.07) is 21.8. The van der Waals surface area contributed by atoms with Crippen molar-refractivity contribution < 1.29 is 31.6 Å². The molecule has 40 heavy (non-hydrogen) atoms. The summed E-state index contributed by atoms with van der Waals surface area (Å²) >= 11 is 0. The average Bonchev–Trinajstić information content (AvgIpc) is 3.71. The quantitative estimate of drug-likeness (QED) is 0.253. The van der Waals surface area contributed by atoms with Crippen LogP contribution in [0.4, 0.5) is 5.69 Å². The van der Waals surface area contributed by atoms with E-state index in [1.165, 1.54) is 37.6 Å². The van der Waals surface area contributed by atoms with Crippen LogP contribution in [0.25, 0.3) is 22.6 Å². The van der Waals surface area contributed by atoms with Gasteiger partial charge in [-0.2, -0.15) is 4.31 Å². The van der Waals surface area contributed by atoms with Crippen molar-refractivity contribution >= 4 is 38.6 Å². The summed E-state index contributed by atoms with van der Waals surface area (Å²) in [5.41, 5.74) is 2.34. The van der Waals surface area contributed by atoms with Crippen molar-refractivity contribution in [2.45, 2.75) is 23.9 Å².